The van der Waals surface area contributed by atoms with Crippen LogP contribution in [0.4, 0.5) is 0 Å². The van der Waals surface area contributed by atoms with E-state index in [1.54, 1.807) is 24.1 Å². The number of halogens is 2. The summed E-state index contributed by atoms with van der Waals surface area (Å²) in [5.41, 5.74) is 0.943. The average molecular weight is 343 g/mol. The molecule has 2 rings (SSSR count). The van der Waals surface area contributed by atoms with Crippen LogP contribution >= 0.6 is 23.2 Å². The van der Waals surface area contributed by atoms with E-state index in [9.17, 15) is 9.59 Å². The lowest BCUT2D eigenvalue weighted by molar-refractivity contribution is -0.139. The fourth-order valence-corrected chi connectivity index (χ4v) is 3.08. The highest BCUT2D eigenvalue weighted by atomic mass is 35.5. The van der Waals surface area contributed by atoms with Crippen LogP contribution in [0.2, 0.25) is 10.0 Å². The highest BCUT2D eigenvalue weighted by Gasteiger charge is 2.29. The monoisotopic (exact) mass is 342 g/mol. The molecule has 0 bridgehead atoms. The van der Waals surface area contributed by atoms with Crippen LogP contribution in [0.15, 0.2) is 18.2 Å². The number of amides is 2. The summed E-state index contributed by atoms with van der Waals surface area (Å²) in [6.07, 6.45) is 1.63. The number of hydrogen-bond donors (Lipinski definition) is 1. The maximum Gasteiger partial charge on any atom is 0.223 e. The summed E-state index contributed by atoms with van der Waals surface area (Å²) in [6, 6.07) is 5.29. The molecule has 1 aliphatic heterocycles. The van der Waals surface area contributed by atoms with Gasteiger partial charge in [-0.3, -0.25) is 9.59 Å². The third-order valence-corrected chi connectivity index (χ3v) is 4.55. The smallest absolute Gasteiger partial charge is 0.223 e. The van der Waals surface area contributed by atoms with Gasteiger partial charge in [0.2, 0.25) is 11.8 Å². The molecule has 4 nitrogen and oxygen atoms in total. The van der Waals surface area contributed by atoms with Gasteiger partial charge in [0.15, 0.2) is 0 Å². The van der Waals surface area contributed by atoms with Crippen molar-refractivity contribution in [2.24, 2.45) is 5.92 Å². The summed E-state index contributed by atoms with van der Waals surface area (Å²) in [4.78, 5) is 25.6. The Kier molecular flexibility index (Phi) is 5.70. The van der Waals surface area contributed by atoms with Crippen molar-refractivity contribution in [3.05, 3.63) is 33.8 Å². The van der Waals surface area contributed by atoms with Gasteiger partial charge < -0.3 is 10.2 Å². The molecule has 0 radical (unpaired) electrons. The molecule has 1 fully saturated rings. The number of nitrogens with one attached hydrogen (secondary N) is 1. The van der Waals surface area contributed by atoms with Gasteiger partial charge in [0.1, 0.15) is 0 Å². The summed E-state index contributed by atoms with van der Waals surface area (Å²) in [6.45, 7) is 2.56. The van der Waals surface area contributed by atoms with E-state index in [1.807, 2.05) is 13.0 Å². The quantitative estimate of drug-likeness (QED) is 0.914. The number of carbonyl (C=O) groups is 2. The average Bonchev–Trinajstić information content (AvgIpc) is 2.45. The normalized spacial score (nSPS) is 19.9. The highest BCUT2D eigenvalue weighted by Crippen LogP contribution is 2.22. The fourth-order valence-electron chi connectivity index (χ4n) is 2.60. The van der Waals surface area contributed by atoms with Crippen LogP contribution < -0.4 is 5.32 Å². The molecule has 1 aromatic carbocycles. The minimum atomic E-state index is -0.230. The summed E-state index contributed by atoms with van der Waals surface area (Å²) >= 11 is 12.0. The Morgan fingerprint density at radius 3 is 2.82 bits per heavy atom. The van der Waals surface area contributed by atoms with Gasteiger partial charge in [0.05, 0.1) is 0 Å². The molecule has 120 valence electrons. The Bertz CT molecular complexity index is 577. The largest absolute Gasteiger partial charge is 0.353 e. The first-order valence-electron chi connectivity index (χ1n) is 7.35. The molecular formula is C16H20Cl2N2O2. The van der Waals surface area contributed by atoms with Gasteiger partial charge in [0.25, 0.3) is 0 Å². The molecule has 2 amide bonds. The molecule has 1 aliphatic rings. The fraction of sp³-hybridized carbons (Fsp3) is 0.500. The molecule has 1 saturated heterocycles. The van der Waals surface area contributed by atoms with E-state index >= 15 is 0 Å². The van der Waals surface area contributed by atoms with Crippen LogP contribution in [0.3, 0.4) is 0 Å². The van der Waals surface area contributed by atoms with Crippen molar-refractivity contribution in [1.29, 1.82) is 0 Å². The van der Waals surface area contributed by atoms with Crippen molar-refractivity contribution in [1.82, 2.24) is 10.2 Å². The second-order valence-corrected chi connectivity index (χ2v) is 6.70. The maximum absolute atomic E-state index is 12.3. The molecule has 22 heavy (non-hydrogen) atoms. The van der Waals surface area contributed by atoms with Gasteiger partial charge in [-0.15, -0.1) is 0 Å². The van der Waals surface area contributed by atoms with E-state index in [2.05, 4.69) is 5.32 Å². The van der Waals surface area contributed by atoms with Crippen LogP contribution in [0.1, 0.15) is 25.3 Å². The van der Waals surface area contributed by atoms with E-state index in [0.717, 1.165) is 5.56 Å². The highest BCUT2D eigenvalue weighted by molar-refractivity contribution is 6.35. The van der Waals surface area contributed by atoms with Crippen LogP contribution in [-0.4, -0.2) is 36.3 Å². The third kappa shape index (κ3) is 4.37. The lowest BCUT2D eigenvalue weighted by Crippen LogP contribution is -2.44. The predicted octanol–water partition coefficient (Wildman–Crippen LogP) is 2.91. The van der Waals surface area contributed by atoms with Gasteiger partial charge in [-0.05, 0) is 37.5 Å². The Hall–Kier alpha value is -1.26. The predicted molar refractivity (Wildman–Crippen MR) is 88.1 cm³/mol. The molecule has 0 saturated carbocycles. The van der Waals surface area contributed by atoms with Gasteiger partial charge in [-0.2, -0.15) is 0 Å². The molecule has 1 aromatic rings. The van der Waals surface area contributed by atoms with Crippen molar-refractivity contribution in [2.75, 3.05) is 13.6 Å². The lowest BCUT2D eigenvalue weighted by Gasteiger charge is -2.28. The first-order chi connectivity index (χ1) is 10.4. The number of hydrogen-bond acceptors (Lipinski definition) is 2. The molecule has 2 atom stereocenters. The molecule has 0 aromatic heterocycles. The lowest BCUT2D eigenvalue weighted by atomic mass is 9.95. The summed E-state index contributed by atoms with van der Waals surface area (Å²) in [5, 5.41) is 4.17. The maximum atomic E-state index is 12.3. The van der Waals surface area contributed by atoms with Gasteiger partial charge in [-0.1, -0.05) is 29.3 Å². The molecule has 1 N–H and O–H groups in total. The first-order valence-corrected chi connectivity index (χ1v) is 8.10. The Balaban J connectivity index is 1.90. The van der Waals surface area contributed by atoms with Crippen molar-refractivity contribution in [3.8, 4) is 0 Å². The minimum absolute atomic E-state index is 0.0276. The van der Waals surface area contributed by atoms with Gasteiger partial charge >= 0.3 is 0 Å². The van der Waals surface area contributed by atoms with Crippen molar-refractivity contribution >= 4 is 35.0 Å². The molecule has 0 spiro atoms. The summed E-state index contributed by atoms with van der Waals surface area (Å²) in [5.74, 6) is -0.259. The first kappa shape index (κ1) is 17.1. The Labute approximate surface area is 140 Å². The van der Waals surface area contributed by atoms with Gasteiger partial charge in [-0.25, -0.2) is 0 Å². The van der Waals surface area contributed by atoms with E-state index < -0.39 is 0 Å². The standard InChI is InChI=1S/C16H20Cl2N2O2/c1-10(7-11-3-4-13(17)9-14(11)18)19-16(22)12-5-6-20(2)15(21)8-12/h3-4,9-10,12H,5-8H2,1-2H3,(H,19,22)/t10-,12-/m1/s1. The van der Waals surface area contributed by atoms with Crippen molar-refractivity contribution in [3.63, 3.8) is 0 Å². The molecule has 6 heteroatoms. The van der Waals surface area contributed by atoms with Crippen LogP contribution in [0.5, 0.6) is 0 Å². The van der Waals surface area contributed by atoms with Crippen LogP contribution in [0, 0.1) is 5.92 Å². The molecule has 0 aliphatic carbocycles. The number of piperidine rings is 1. The zero-order valence-electron chi connectivity index (χ0n) is 12.7. The van der Waals surface area contributed by atoms with E-state index in [1.165, 1.54) is 0 Å². The number of benzene rings is 1. The Morgan fingerprint density at radius 2 is 2.18 bits per heavy atom. The zero-order chi connectivity index (χ0) is 16.3. The Morgan fingerprint density at radius 1 is 1.45 bits per heavy atom. The molecule has 0 unspecified atom stereocenters. The second-order valence-electron chi connectivity index (χ2n) is 5.85. The molecular weight excluding hydrogens is 323 g/mol. The van der Waals surface area contributed by atoms with E-state index in [4.69, 9.17) is 23.2 Å². The van der Waals surface area contributed by atoms with Crippen LogP contribution in [0.25, 0.3) is 0 Å². The SMILES string of the molecule is C[C@H](Cc1ccc(Cl)cc1Cl)NC(=O)[C@@H]1CCN(C)C(=O)C1. The van der Waals surface area contributed by atoms with Crippen molar-refractivity contribution in [2.45, 2.75) is 32.2 Å². The van der Waals surface area contributed by atoms with Crippen LogP contribution in [-0.2, 0) is 16.0 Å². The topological polar surface area (TPSA) is 49.4 Å². The molecule has 1 heterocycles. The summed E-state index contributed by atoms with van der Waals surface area (Å²) < 4.78 is 0. The van der Waals surface area contributed by atoms with E-state index in [-0.39, 0.29) is 30.2 Å². The summed E-state index contributed by atoms with van der Waals surface area (Å²) in [7, 11) is 1.77. The third-order valence-electron chi connectivity index (χ3n) is 3.96. The van der Waals surface area contributed by atoms with E-state index in [0.29, 0.717) is 29.4 Å². The number of rotatable bonds is 4. The number of nitrogens with zero attached hydrogens (tertiary/aromatic N) is 1. The van der Waals surface area contributed by atoms with Gasteiger partial charge in [0, 0.05) is 42.0 Å². The number of carbonyl (C=O) groups excluding carboxylic acids is 2. The zero-order valence-corrected chi connectivity index (χ0v) is 14.2. The number of likely N-dealkylation sites (tertiary alicyclic amines) is 1. The second kappa shape index (κ2) is 7.34. The van der Waals surface area contributed by atoms with Crippen molar-refractivity contribution < 1.29 is 9.59 Å². The minimum Gasteiger partial charge on any atom is -0.353 e.